The van der Waals surface area contributed by atoms with Gasteiger partial charge in [0.25, 0.3) is 0 Å². The first-order valence-corrected chi connectivity index (χ1v) is 10.3. The van der Waals surface area contributed by atoms with E-state index >= 15 is 0 Å². The number of aliphatic imine (C=N–C) groups is 1. The van der Waals surface area contributed by atoms with Crippen LogP contribution in [0.4, 0.5) is 0 Å². The van der Waals surface area contributed by atoms with Crippen molar-refractivity contribution in [2.45, 2.75) is 39.0 Å². The maximum absolute atomic E-state index is 12.9. The summed E-state index contributed by atoms with van der Waals surface area (Å²) in [7, 11) is 0. The van der Waals surface area contributed by atoms with Gasteiger partial charge in [-0.15, -0.1) is 0 Å². The number of fused-ring (bicyclic) bond motifs is 1. The molecule has 1 fully saturated rings. The van der Waals surface area contributed by atoms with Gasteiger partial charge in [-0.05, 0) is 37.5 Å². The summed E-state index contributed by atoms with van der Waals surface area (Å²) in [5.41, 5.74) is 1.47. The minimum Gasteiger partial charge on any atom is -0.462 e. The summed E-state index contributed by atoms with van der Waals surface area (Å²) in [6.07, 6.45) is 0. The highest BCUT2D eigenvalue weighted by Crippen LogP contribution is 2.45. The van der Waals surface area contributed by atoms with Gasteiger partial charge in [0, 0.05) is 10.0 Å². The van der Waals surface area contributed by atoms with E-state index in [1.165, 1.54) is 11.8 Å². The molecule has 0 saturated carbocycles. The average Bonchev–Trinajstić information content (AvgIpc) is 2.86. The first-order valence-electron chi connectivity index (χ1n) is 8.62. The first-order chi connectivity index (χ1) is 12.7. The molecule has 1 aromatic rings. The Kier molecular flexibility index (Phi) is 5.89. The van der Waals surface area contributed by atoms with Crippen molar-refractivity contribution in [3.05, 3.63) is 45.1 Å². The van der Waals surface area contributed by atoms with Crippen LogP contribution >= 0.6 is 35.0 Å². The molecule has 144 valence electrons. The lowest BCUT2D eigenvalue weighted by Crippen LogP contribution is -2.40. The lowest BCUT2D eigenvalue weighted by atomic mass is 9.94. The third kappa shape index (κ3) is 3.89. The zero-order chi connectivity index (χ0) is 19.9. The molecule has 1 saturated heterocycles. The molecule has 5 nitrogen and oxygen atoms in total. The van der Waals surface area contributed by atoms with Crippen LogP contribution < -0.4 is 0 Å². The Morgan fingerprint density at radius 3 is 2.70 bits per heavy atom. The Labute approximate surface area is 172 Å². The summed E-state index contributed by atoms with van der Waals surface area (Å²) >= 11 is 13.8. The maximum atomic E-state index is 12.9. The fourth-order valence-electron chi connectivity index (χ4n) is 3.00. The number of halogens is 2. The summed E-state index contributed by atoms with van der Waals surface area (Å²) < 4.78 is 5.46. The maximum Gasteiger partial charge on any atom is 0.338 e. The van der Waals surface area contributed by atoms with Crippen LogP contribution in [0.25, 0.3) is 0 Å². The quantitative estimate of drug-likeness (QED) is 0.646. The number of allylic oxidation sites excluding steroid dienone is 1. The second kappa shape index (κ2) is 7.86. The number of hydrogen-bond acceptors (Lipinski definition) is 5. The molecule has 0 N–H and O–H groups in total. The third-order valence-corrected chi connectivity index (χ3v) is 5.90. The summed E-state index contributed by atoms with van der Waals surface area (Å²) in [5.74, 6) is -0.409. The summed E-state index contributed by atoms with van der Waals surface area (Å²) in [4.78, 5) is 31.7. The van der Waals surface area contributed by atoms with Gasteiger partial charge in [0.2, 0.25) is 5.91 Å². The van der Waals surface area contributed by atoms with Gasteiger partial charge >= 0.3 is 5.97 Å². The standard InChI is InChI=1S/C19H20Cl2N2O3S/c1-9(2)8-26-18(25)15-10(3)22-19-23(17(24)11(4)27-19)16(15)13-6-5-12(20)7-14(13)21/h5-7,9,11,16H,8H2,1-4H3/t11-,16+/m1/s1. The second-order valence-corrected chi connectivity index (χ2v) is 9.07. The van der Waals surface area contributed by atoms with E-state index in [1.807, 2.05) is 20.8 Å². The number of nitrogens with zero attached hydrogens (tertiary/aromatic N) is 2. The molecule has 3 rings (SSSR count). The zero-order valence-electron chi connectivity index (χ0n) is 15.5. The van der Waals surface area contributed by atoms with Crippen molar-refractivity contribution in [1.29, 1.82) is 0 Å². The van der Waals surface area contributed by atoms with E-state index in [0.29, 0.717) is 32.0 Å². The van der Waals surface area contributed by atoms with Gasteiger partial charge in [-0.1, -0.05) is 54.9 Å². The number of carbonyl (C=O) groups is 2. The molecule has 1 aromatic carbocycles. The predicted octanol–water partition coefficient (Wildman–Crippen LogP) is 4.84. The lowest BCUT2D eigenvalue weighted by molar-refractivity contribution is -0.141. The average molecular weight is 427 g/mol. The van der Waals surface area contributed by atoms with Gasteiger partial charge in [0.15, 0.2) is 5.17 Å². The summed E-state index contributed by atoms with van der Waals surface area (Å²) in [6.45, 7) is 7.77. The van der Waals surface area contributed by atoms with E-state index in [1.54, 1.807) is 30.0 Å². The van der Waals surface area contributed by atoms with Crippen molar-refractivity contribution in [2.24, 2.45) is 10.9 Å². The molecule has 2 atom stereocenters. The molecular formula is C19H20Cl2N2O3S. The van der Waals surface area contributed by atoms with Crippen molar-refractivity contribution in [2.75, 3.05) is 6.61 Å². The van der Waals surface area contributed by atoms with Crippen LogP contribution in [0, 0.1) is 5.92 Å². The number of hydrogen-bond donors (Lipinski definition) is 0. The SMILES string of the molecule is CC1=C(C(=O)OCC(C)C)[C@H](c2ccc(Cl)cc2Cl)N2C(=O)[C@@H](C)SC2=N1. The largest absolute Gasteiger partial charge is 0.462 e. The summed E-state index contributed by atoms with van der Waals surface area (Å²) in [6, 6.07) is 4.35. The van der Waals surface area contributed by atoms with E-state index in [2.05, 4.69) is 4.99 Å². The van der Waals surface area contributed by atoms with Crippen LogP contribution in [0.3, 0.4) is 0 Å². The molecule has 0 aliphatic carbocycles. The van der Waals surface area contributed by atoms with Crippen molar-refractivity contribution in [3.63, 3.8) is 0 Å². The second-order valence-electron chi connectivity index (χ2n) is 6.92. The molecule has 8 heteroatoms. The zero-order valence-corrected chi connectivity index (χ0v) is 17.8. The Hall–Kier alpha value is -1.50. The van der Waals surface area contributed by atoms with E-state index in [-0.39, 0.29) is 23.7 Å². The molecule has 2 aliphatic heterocycles. The number of esters is 1. The van der Waals surface area contributed by atoms with Gasteiger partial charge in [0.05, 0.1) is 29.2 Å². The molecule has 0 bridgehead atoms. The minimum atomic E-state index is -0.688. The number of rotatable bonds is 4. The van der Waals surface area contributed by atoms with Crippen molar-refractivity contribution >= 4 is 52.0 Å². The topological polar surface area (TPSA) is 59.0 Å². The van der Waals surface area contributed by atoms with Gasteiger partial charge in [-0.25, -0.2) is 9.79 Å². The minimum absolute atomic E-state index is 0.114. The van der Waals surface area contributed by atoms with Crippen molar-refractivity contribution < 1.29 is 14.3 Å². The predicted molar refractivity (Wildman–Crippen MR) is 109 cm³/mol. The molecule has 27 heavy (non-hydrogen) atoms. The lowest BCUT2D eigenvalue weighted by Gasteiger charge is -2.33. The number of amides is 1. The highest BCUT2D eigenvalue weighted by Gasteiger charge is 2.46. The van der Waals surface area contributed by atoms with Crippen LogP contribution in [-0.4, -0.2) is 33.8 Å². The molecule has 0 spiro atoms. The third-order valence-electron chi connectivity index (χ3n) is 4.28. The van der Waals surface area contributed by atoms with Crippen LogP contribution in [-0.2, 0) is 14.3 Å². The van der Waals surface area contributed by atoms with Crippen LogP contribution in [0.5, 0.6) is 0 Å². The Balaban J connectivity index is 2.12. The number of ether oxygens (including phenoxy) is 1. The monoisotopic (exact) mass is 426 g/mol. The van der Waals surface area contributed by atoms with Gasteiger partial charge in [-0.2, -0.15) is 0 Å². The van der Waals surface area contributed by atoms with Gasteiger partial charge in [-0.3, -0.25) is 9.69 Å². The molecule has 0 radical (unpaired) electrons. The van der Waals surface area contributed by atoms with E-state index < -0.39 is 12.0 Å². The Bertz CT molecular complexity index is 867. The van der Waals surface area contributed by atoms with Gasteiger partial charge < -0.3 is 4.74 Å². The Morgan fingerprint density at radius 2 is 2.07 bits per heavy atom. The van der Waals surface area contributed by atoms with Crippen LogP contribution in [0.15, 0.2) is 34.5 Å². The highest BCUT2D eigenvalue weighted by molar-refractivity contribution is 8.15. The normalized spacial score (nSPS) is 22.3. The van der Waals surface area contributed by atoms with Crippen molar-refractivity contribution in [1.82, 2.24) is 4.90 Å². The fraction of sp³-hybridized carbons (Fsp3) is 0.421. The smallest absolute Gasteiger partial charge is 0.338 e. The van der Waals surface area contributed by atoms with E-state index in [0.717, 1.165) is 0 Å². The summed E-state index contributed by atoms with van der Waals surface area (Å²) in [5, 5.41) is 1.15. The van der Waals surface area contributed by atoms with Crippen LogP contribution in [0.2, 0.25) is 10.0 Å². The van der Waals surface area contributed by atoms with E-state index in [9.17, 15) is 9.59 Å². The molecule has 2 heterocycles. The van der Waals surface area contributed by atoms with Crippen molar-refractivity contribution in [3.8, 4) is 0 Å². The highest BCUT2D eigenvalue weighted by atomic mass is 35.5. The molecule has 2 aliphatic rings. The number of thioether (sulfide) groups is 1. The molecule has 1 amide bonds. The number of benzene rings is 1. The van der Waals surface area contributed by atoms with Crippen LogP contribution in [0.1, 0.15) is 39.3 Å². The number of carbonyl (C=O) groups excluding carboxylic acids is 2. The molecular weight excluding hydrogens is 407 g/mol. The van der Waals surface area contributed by atoms with E-state index in [4.69, 9.17) is 27.9 Å². The van der Waals surface area contributed by atoms with Gasteiger partial charge in [0.1, 0.15) is 0 Å². The number of amidine groups is 1. The first kappa shape index (κ1) is 20.2. The molecule has 0 aromatic heterocycles. The molecule has 0 unspecified atom stereocenters. The fourth-order valence-corrected chi connectivity index (χ4v) is 4.54. The Morgan fingerprint density at radius 1 is 1.37 bits per heavy atom.